The van der Waals surface area contributed by atoms with Crippen molar-refractivity contribution in [3.05, 3.63) is 0 Å². The Kier molecular flexibility index (Phi) is 4.58. The summed E-state index contributed by atoms with van der Waals surface area (Å²) in [7, 11) is 0. The van der Waals surface area contributed by atoms with Crippen LogP contribution >= 0.6 is 34.8 Å². The molecular formula is C5H4Cl3NO2. The van der Waals surface area contributed by atoms with Gasteiger partial charge in [-0.1, -0.05) is 34.8 Å². The molecule has 0 amide bonds. The Hall–Kier alpha value is -0.170. The first kappa shape index (κ1) is 10.8. The van der Waals surface area contributed by atoms with Gasteiger partial charge >= 0.3 is 5.97 Å². The molecule has 0 radical (unpaired) electrons. The largest absolute Gasteiger partial charge is 0.460 e. The zero-order valence-electron chi connectivity index (χ0n) is 5.31. The second-order valence-corrected chi connectivity index (χ2v) is 4.13. The van der Waals surface area contributed by atoms with Gasteiger partial charge in [0.15, 0.2) is 0 Å². The number of rotatable bonds is 2. The Balaban J connectivity index is 3.57. The summed E-state index contributed by atoms with van der Waals surface area (Å²) in [6, 6.07) is 1.60. The van der Waals surface area contributed by atoms with Crippen molar-refractivity contribution in [3.8, 4) is 6.07 Å². The Morgan fingerprint density at radius 3 is 2.45 bits per heavy atom. The zero-order chi connectivity index (χ0) is 8.91. The standard InChI is InChI=1S/C5H4Cl3NO2/c6-5(7,8)3-11-4(10)1-2-9/h1,3H2. The van der Waals surface area contributed by atoms with Crippen molar-refractivity contribution < 1.29 is 9.53 Å². The van der Waals surface area contributed by atoms with E-state index in [1.54, 1.807) is 6.07 Å². The third kappa shape index (κ3) is 7.73. The van der Waals surface area contributed by atoms with E-state index in [4.69, 9.17) is 40.1 Å². The van der Waals surface area contributed by atoms with Crippen molar-refractivity contribution in [1.82, 2.24) is 0 Å². The summed E-state index contributed by atoms with van der Waals surface area (Å²) in [5.74, 6) is -0.696. The molecule has 0 aromatic rings. The van der Waals surface area contributed by atoms with E-state index in [0.717, 1.165) is 0 Å². The molecule has 0 aromatic carbocycles. The minimum atomic E-state index is -1.61. The van der Waals surface area contributed by atoms with E-state index in [0.29, 0.717) is 0 Å². The predicted molar refractivity (Wildman–Crippen MR) is 41.5 cm³/mol. The van der Waals surface area contributed by atoms with Crippen LogP contribution in [0.3, 0.4) is 0 Å². The van der Waals surface area contributed by atoms with E-state index in [1.807, 2.05) is 0 Å². The Bertz CT molecular complexity index is 181. The van der Waals surface area contributed by atoms with Gasteiger partial charge < -0.3 is 4.74 Å². The highest BCUT2D eigenvalue weighted by atomic mass is 35.6. The highest BCUT2D eigenvalue weighted by Gasteiger charge is 2.21. The molecule has 0 N–H and O–H groups in total. The van der Waals surface area contributed by atoms with Gasteiger partial charge in [-0.2, -0.15) is 5.26 Å². The van der Waals surface area contributed by atoms with Gasteiger partial charge in [-0.05, 0) is 0 Å². The molecule has 0 heterocycles. The van der Waals surface area contributed by atoms with Crippen LogP contribution in [-0.4, -0.2) is 16.4 Å². The van der Waals surface area contributed by atoms with Crippen molar-refractivity contribution in [2.75, 3.05) is 6.61 Å². The number of alkyl halides is 3. The summed E-state index contributed by atoms with van der Waals surface area (Å²) >= 11 is 15.7. The second kappa shape index (κ2) is 4.66. The van der Waals surface area contributed by atoms with Crippen LogP contribution in [0.1, 0.15) is 6.42 Å². The van der Waals surface area contributed by atoms with Crippen LogP contribution in [0.15, 0.2) is 0 Å². The van der Waals surface area contributed by atoms with Gasteiger partial charge in [-0.3, -0.25) is 4.79 Å². The minimum absolute atomic E-state index is 0.333. The second-order valence-electron chi connectivity index (χ2n) is 1.61. The van der Waals surface area contributed by atoms with Crippen molar-refractivity contribution >= 4 is 40.8 Å². The molecule has 0 bridgehead atoms. The molecule has 0 saturated heterocycles. The number of ether oxygens (including phenoxy) is 1. The fourth-order valence-electron chi connectivity index (χ4n) is 0.278. The number of carbonyl (C=O) groups excluding carboxylic acids is 1. The lowest BCUT2D eigenvalue weighted by atomic mass is 10.5. The minimum Gasteiger partial charge on any atom is -0.460 e. The third-order valence-corrected chi connectivity index (χ3v) is 0.948. The van der Waals surface area contributed by atoms with Crippen LogP contribution in [-0.2, 0) is 9.53 Å². The van der Waals surface area contributed by atoms with Gasteiger partial charge in [0.25, 0.3) is 0 Å². The van der Waals surface area contributed by atoms with Gasteiger partial charge in [-0.25, -0.2) is 0 Å². The maximum Gasteiger partial charge on any atom is 0.320 e. The quantitative estimate of drug-likeness (QED) is 0.522. The fraction of sp³-hybridized carbons (Fsp3) is 0.600. The maximum atomic E-state index is 10.5. The van der Waals surface area contributed by atoms with Crippen LogP contribution < -0.4 is 0 Å². The molecule has 6 heteroatoms. The predicted octanol–water partition coefficient (Wildman–Crippen LogP) is 1.81. The van der Waals surface area contributed by atoms with Crippen molar-refractivity contribution in [1.29, 1.82) is 5.26 Å². The lowest BCUT2D eigenvalue weighted by Gasteiger charge is -2.09. The number of esters is 1. The third-order valence-electron chi connectivity index (χ3n) is 0.620. The van der Waals surface area contributed by atoms with Crippen LogP contribution in [0.4, 0.5) is 0 Å². The van der Waals surface area contributed by atoms with Crippen LogP contribution in [0.5, 0.6) is 0 Å². The van der Waals surface area contributed by atoms with Gasteiger partial charge in [0.2, 0.25) is 3.79 Å². The molecule has 0 aliphatic carbocycles. The summed E-state index contributed by atoms with van der Waals surface area (Å²) in [5.41, 5.74) is 0. The average Bonchev–Trinajstić information content (AvgIpc) is 1.83. The molecule has 0 fully saturated rings. The van der Waals surface area contributed by atoms with E-state index in [9.17, 15) is 4.79 Å². The molecular weight excluding hydrogens is 212 g/mol. The number of carbonyl (C=O) groups is 1. The summed E-state index contributed by atoms with van der Waals surface area (Å²) in [6.45, 7) is -0.335. The highest BCUT2D eigenvalue weighted by Crippen LogP contribution is 2.25. The molecule has 0 aliphatic heterocycles. The molecule has 0 aromatic heterocycles. The van der Waals surface area contributed by atoms with Crippen molar-refractivity contribution in [3.63, 3.8) is 0 Å². The maximum absolute atomic E-state index is 10.5. The van der Waals surface area contributed by atoms with Crippen LogP contribution in [0, 0.1) is 11.3 Å². The highest BCUT2D eigenvalue weighted by molar-refractivity contribution is 6.67. The lowest BCUT2D eigenvalue weighted by molar-refractivity contribution is -0.142. The van der Waals surface area contributed by atoms with Crippen LogP contribution in [0.2, 0.25) is 0 Å². The first-order valence-electron chi connectivity index (χ1n) is 2.55. The van der Waals surface area contributed by atoms with E-state index >= 15 is 0 Å². The first-order chi connectivity index (χ1) is 4.95. The topological polar surface area (TPSA) is 50.1 Å². The first-order valence-corrected chi connectivity index (χ1v) is 3.68. The van der Waals surface area contributed by atoms with Gasteiger partial charge in [0, 0.05) is 0 Å². The number of nitrogens with zero attached hydrogens (tertiary/aromatic N) is 1. The number of halogens is 3. The Labute approximate surface area is 78.8 Å². The van der Waals surface area contributed by atoms with Gasteiger partial charge in [0.05, 0.1) is 6.07 Å². The van der Waals surface area contributed by atoms with Crippen molar-refractivity contribution in [2.45, 2.75) is 10.2 Å². The number of nitriles is 1. The van der Waals surface area contributed by atoms with E-state index in [-0.39, 0.29) is 13.0 Å². The van der Waals surface area contributed by atoms with E-state index in [1.165, 1.54) is 0 Å². The van der Waals surface area contributed by atoms with E-state index < -0.39 is 9.76 Å². The molecule has 0 saturated carbocycles. The summed E-state index contributed by atoms with van der Waals surface area (Å²) < 4.78 is 2.78. The van der Waals surface area contributed by atoms with E-state index in [2.05, 4.69) is 4.74 Å². The molecule has 3 nitrogen and oxygen atoms in total. The molecule has 0 rings (SSSR count). The summed E-state index contributed by atoms with van der Waals surface area (Å²) in [4.78, 5) is 10.5. The molecule has 0 atom stereocenters. The normalized spacial score (nSPS) is 10.4. The summed E-state index contributed by atoms with van der Waals surface area (Å²) in [6.07, 6.45) is -0.333. The number of hydrogen-bond donors (Lipinski definition) is 0. The van der Waals surface area contributed by atoms with Crippen LogP contribution in [0.25, 0.3) is 0 Å². The molecule has 11 heavy (non-hydrogen) atoms. The van der Waals surface area contributed by atoms with Gasteiger partial charge in [-0.15, -0.1) is 0 Å². The fourth-order valence-corrected chi connectivity index (χ4v) is 0.442. The van der Waals surface area contributed by atoms with Gasteiger partial charge in [0.1, 0.15) is 13.0 Å². The monoisotopic (exact) mass is 215 g/mol. The van der Waals surface area contributed by atoms with Crippen molar-refractivity contribution in [2.24, 2.45) is 0 Å². The lowest BCUT2D eigenvalue weighted by Crippen LogP contribution is -2.16. The zero-order valence-corrected chi connectivity index (χ0v) is 7.58. The Morgan fingerprint density at radius 2 is 2.09 bits per heavy atom. The molecule has 0 spiro atoms. The Morgan fingerprint density at radius 1 is 1.55 bits per heavy atom. The average molecular weight is 216 g/mol. The number of hydrogen-bond acceptors (Lipinski definition) is 3. The smallest absolute Gasteiger partial charge is 0.320 e. The SMILES string of the molecule is N#CCC(=O)OCC(Cl)(Cl)Cl. The molecule has 62 valence electrons. The summed E-state index contributed by atoms with van der Waals surface area (Å²) in [5, 5.41) is 8.02. The molecule has 0 unspecified atom stereocenters. The molecule has 0 aliphatic rings.